The zero-order valence-electron chi connectivity index (χ0n) is 16.5. The van der Waals surface area contributed by atoms with Crippen LogP contribution in [0.1, 0.15) is 44.5 Å². The Hall–Kier alpha value is -3.10. The zero-order valence-corrected chi connectivity index (χ0v) is 16.5. The van der Waals surface area contributed by atoms with Crippen molar-refractivity contribution in [3.05, 3.63) is 35.7 Å². The van der Waals surface area contributed by atoms with E-state index >= 15 is 0 Å². The second kappa shape index (κ2) is 6.75. The number of aromatic amines is 1. The first-order valence-corrected chi connectivity index (χ1v) is 9.95. The number of anilines is 2. The Morgan fingerprint density at radius 2 is 2.10 bits per heavy atom. The number of aromatic nitrogens is 3. The van der Waals surface area contributed by atoms with Gasteiger partial charge < -0.3 is 19.8 Å². The summed E-state index contributed by atoms with van der Waals surface area (Å²) in [5.74, 6) is 1.39. The molecule has 5 heterocycles. The molecule has 1 aliphatic carbocycles. The molecule has 6 rings (SSSR count). The number of oxime groups is 1. The lowest BCUT2D eigenvalue weighted by Crippen LogP contribution is -2.54. The monoisotopic (exact) mass is 396 g/mol. The highest BCUT2D eigenvalue weighted by molar-refractivity contribution is 5.96. The molecule has 1 amide bonds. The first kappa shape index (κ1) is 18.0. The van der Waals surface area contributed by atoms with Crippen LogP contribution in [-0.4, -0.2) is 57.2 Å². The number of H-pyrrole nitrogens is 1. The number of hydrogen-bond acceptors (Lipinski definition) is 7. The second-order valence-electron chi connectivity index (χ2n) is 8.32. The maximum absolute atomic E-state index is 12.4. The maximum atomic E-state index is 12.4. The van der Waals surface area contributed by atoms with Crippen LogP contribution in [0.4, 0.5) is 16.4 Å². The average Bonchev–Trinajstić information content (AvgIpc) is 3.28. The number of amides is 1. The highest BCUT2D eigenvalue weighted by atomic mass is 16.6. The van der Waals surface area contributed by atoms with Gasteiger partial charge in [-0.25, -0.2) is 9.78 Å². The number of nitrogens with one attached hydrogen (secondary N) is 2. The van der Waals surface area contributed by atoms with Crippen molar-refractivity contribution >= 4 is 23.4 Å². The number of ether oxygens (including phenoxy) is 1. The van der Waals surface area contributed by atoms with Crippen LogP contribution in [0.15, 0.2) is 29.4 Å². The standard InChI is InChI=1S/C20H24N6O3/c1-12-15-4-3-5-17(21-15)22-18-8-16(23-24-18)20(2)7-6-13(9-20)28-19(27)26-10-14(11-26)29-25-12/h3-5,8,13-14H,6-7,9-11H2,1-2H3,(H2,21,22,23,24)/b25-12+/t13-,20+/m1/s1. The van der Waals surface area contributed by atoms with Gasteiger partial charge in [0.15, 0.2) is 11.9 Å². The van der Waals surface area contributed by atoms with Crippen molar-refractivity contribution in [3.63, 3.8) is 0 Å². The van der Waals surface area contributed by atoms with E-state index in [9.17, 15) is 4.79 Å². The van der Waals surface area contributed by atoms with Crippen LogP contribution in [0.3, 0.4) is 0 Å². The zero-order chi connectivity index (χ0) is 20.0. The van der Waals surface area contributed by atoms with Gasteiger partial charge in [0.1, 0.15) is 17.6 Å². The molecule has 9 heteroatoms. The van der Waals surface area contributed by atoms with Crippen LogP contribution in [0, 0.1) is 0 Å². The van der Waals surface area contributed by atoms with Crippen molar-refractivity contribution in [2.24, 2.45) is 5.16 Å². The molecular weight excluding hydrogens is 372 g/mol. The summed E-state index contributed by atoms with van der Waals surface area (Å²) in [5.41, 5.74) is 2.31. The van der Waals surface area contributed by atoms with E-state index in [1.54, 1.807) is 4.90 Å². The highest BCUT2D eigenvalue weighted by Crippen LogP contribution is 2.42. The van der Waals surface area contributed by atoms with Crippen LogP contribution in [0.2, 0.25) is 0 Å². The lowest BCUT2D eigenvalue weighted by Gasteiger charge is -2.36. The molecule has 1 saturated carbocycles. The Morgan fingerprint density at radius 1 is 1.24 bits per heavy atom. The van der Waals surface area contributed by atoms with Crippen molar-refractivity contribution in [3.8, 4) is 0 Å². The van der Waals surface area contributed by atoms with Gasteiger partial charge in [-0.05, 0) is 38.3 Å². The fraction of sp³-hybridized carbons (Fsp3) is 0.500. The Morgan fingerprint density at radius 3 is 2.97 bits per heavy atom. The van der Waals surface area contributed by atoms with Crippen LogP contribution >= 0.6 is 0 Å². The van der Waals surface area contributed by atoms with E-state index in [-0.39, 0.29) is 23.7 Å². The van der Waals surface area contributed by atoms with Crippen LogP contribution in [0.25, 0.3) is 0 Å². The van der Waals surface area contributed by atoms with Gasteiger partial charge >= 0.3 is 6.09 Å². The molecule has 152 valence electrons. The summed E-state index contributed by atoms with van der Waals surface area (Å²) in [4.78, 5) is 24.3. The molecule has 9 nitrogen and oxygen atoms in total. The molecule has 1 saturated heterocycles. The minimum atomic E-state index is -0.276. The lowest BCUT2D eigenvalue weighted by atomic mass is 9.85. The van der Waals surface area contributed by atoms with E-state index in [1.807, 2.05) is 31.2 Å². The third-order valence-corrected chi connectivity index (χ3v) is 6.01. The van der Waals surface area contributed by atoms with Gasteiger partial charge in [-0.3, -0.25) is 5.10 Å². The molecular formula is C20H24N6O3. The first-order chi connectivity index (χ1) is 14.0. The largest absolute Gasteiger partial charge is 0.446 e. The normalized spacial score (nSPS) is 30.6. The SMILES string of the molecule is C/C1=N\OC2CN(C2)C(=O)O[C@@H]2CC[C@@](C)(C2)c2cc(n[nH]2)Nc2cccc1n2. The Labute approximate surface area is 168 Å². The van der Waals surface area contributed by atoms with Gasteiger partial charge in [0.25, 0.3) is 0 Å². The third-order valence-electron chi connectivity index (χ3n) is 6.01. The number of rotatable bonds is 0. The molecule has 8 bridgehead atoms. The van der Waals surface area contributed by atoms with Gasteiger partial charge in [-0.1, -0.05) is 18.1 Å². The number of hydrogen-bond donors (Lipinski definition) is 2. The third kappa shape index (κ3) is 3.41. The quantitative estimate of drug-likeness (QED) is 0.709. The summed E-state index contributed by atoms with van der Waals surface area (Å²) in [6.45, 7) is 5.00. The molecule has 29 heavy (non-hydrogen) atoms. The lowest BCUT2D eigenvalue weighted by molar-refractivity contribution is -0.0538. The van der Waals surface area contributed by atoms with Gasteiger partial charge in [0.05, 0.1) is 18.8 Å². The molecule has 0 radical (unpaired) electrons. The van der Waals surface area contributed by atoms with Crippen LogP contribution < -0.4 is 5.32 Å². The summed E-state index contributed by atoms with van der Waals surface area (Å²) < 4.78 is 5.74. The molecule has 0 unspecified atom stereocenters. The smallest absolute Gasteiger partial charge is 0.410 e. The van der Waals surface area contributed by atoms with E-state index in [1.165, 1.54) is 0 Å². The molecule has 2 aromatic heterocycles. The molecule has 0 aromatic carbocycles. The summed E-state index contributed by atoms with van der Waals surface area (Å²) in [7, 11) is 0. The molecule has 2 aromatic rings. The molecule has 3 aliphatic heterocycles. The van der Waals surface area contributed by atoms with E-state index < -0.39 is 0 Å². The van der Waals surface area contributed by atoms with Crippen molar-refractivity contribution in [1.82, 2.24) is 20.1 Å². The Bertz CT molecular complexity index is 967. The molecule has 2 fully saturated rings. The fourth-order valence-corrected chi connectivity index (χ4v) is 4.13. The minimum Gasteiger partial charge on any atom is -0.446 e. The summed E-state index contributed by atoms with van der Waals surface area (Å²) in [6.07, 6.45) is 2.05. The van der Waals surface area contributed by atoms with Crippen molar-refractivity contribution in [1.29, 1.82) is 0 Å². The Kier molecular flexibility index (Phi) is 4.18. The van der Waals surface area contributed by atoms with Gasteiger partial charge in [-0.15, -0.1) is 0 Å². The minimum absolute atomic E-state index is 0.0929. The van der Waals surface area contributed by atoms with E-state index in [4.69, 9.17) is 9.57 Å². The van der Waals surface area contributed by atoms with Crippen LogP contribution in [0.5, 0.6) is 0 Å². The van der Waals surface area contributed by atoms with Crippen LogP contribution in [-0.2, 0) is 15.0 Å². The van der Waals surface area contributed by atoms with Gasteiger partial charge in [0, 0.05) is 17.2 Å². The topological polar surface area (TPSA) is 105 Å². The summed E-state index contributed by atoms with van der Waals surface area (Å²) in [5, 5.41) is 15.0. The summed E-state index contributed by atoms with van der Waals surface area (Å²) in [6, 6.07) is 7.69. The van der Waals surface area contributed by atoms with Gasteiger partial charge in [0.2, 0.25) is 0 Å². The summed E-state index contributed by atoms with van der Waals surface area (Å²) >= 11 is 0. The van der Waals surface area contributed by atoms with E-state index in [0.29, 0.717) is 36.1 Å². The van der Waals surface area contributed by atoms with Crippen molar-refractivity contribution < 1.29 is 14.4 Å². The predicted octanol–water partition coefficient (Wildman–Crippen LogP) is 2.93. The molecule has 2 atom stereocenters. The van der Waals surface area contributed by atoms with E-state index in [0.717, 1.165) is 25.0 Å². The first-order valence-electron chi connectivity index (χ1n) is 9.95. The average molecular weight is 396 g/mol. The van der Waals surface area contributed by atoms with Crippen molar-refractivity contribution in [2.75, 3.05) is 18.4 Å². The number of carbonyl (C=O) groups is 1. The molecule has 4 aliphatic rings. The second-order valence-corrected chi connectivity index (χ2v) is 8.32. The number of fused-ring (bicyclic) bond motifs is 2. The predicted molar refractivity (Wildman–Crippen MR) is 106 cm³/mol. The number of carbonyl (C=O) groups excluding carboxylic acids is 1. The molecule has 0 spiro atoms. The highest BCUT2D eigenvalue weighted by Gasteiger charge is 2.42. The van der Waals surface area contributed by atoms with E-state index in [2.05, 4.69) is 32.6 Å². The van der Waals surface area contributed by atoms with Gasteiger partial charge in [-0.2, -0.15) is 5.10 Å². The maximum Gasteiger partial charge on any atom is 0.410 e. The number of pyridine rings is 1. The Balaban J connectivity index is 1.45. The fourth-order valence-electron chi connectivity index (χ4n) is 4.13. The number of nitrogens with zero attached hydrogens (tertiary/aromatic N) is 4. The van der Waals surface area contributed by atoms with Crippen molar-refractivity contribution in [2.45, 2.75) is 50.7 Å². The molecule has 2 N–H and O–H groups in total.